The van der Waals surface area contributed by atoms with Gasteiger partial charge in [0.05, 0.1) is 0 Å². The van der Waals surface area contributed by atoms with Gasteiger partial charge in [-0.3, -0.25) is 4.74 Å². The summed E-state index contributed by atoms with van der Waals surface area (Å²) in [6, 6.07) is 0. The highest BCUT2D eigenvalue weighted by Gasteiger charge is 2.76. The standard InChI is InChI=1S/C2ClF3O/c3-1(4)2(5,6)7-1. The Morgan fingerprint density at radius 2 is 1.43 bits per heavy atom. The topological polar surface area (TPSA) is 12.5 Å². The molecule has 0 aliphatic carbocycles. The lowest BCUT2D eigenvalue weighted by Gasteiger charge is -1.80. The van der Waals surface area contributed by atoms with Crippen molar-refractivity contribution in [3.05, 3.63) is 0 Å². The number of alkyl halides is 4. The van der Waals surface area contributed by atoms with E-state index < -0.39 is 11.4 Å². The first kappa shape index (κ1) is 5.18. The van der Waals surface area contributed by atoms with Crippen LogP contribution in [0.3, 0.4) is 0 Å². The van der Waals surface area contributed by atoms with Crippen molar-refractivity contribution in [3.8, 4) is 0 Å². The minimum absolute atomic E-state index is 3.06. The predicted molar refractivity (Wildman–Crippen MR) is 15.7 cm³/mol. The first-order chi connectivity index (χ1) is 2.96. The Hall–Kier alpha value is 0.0400. The van der Waals surface area contributed by atoms with Crippen LogP contribution < -0.4 is 0 Å². The third kappa shape index (κ3) is 0.580. The van der Waals surface area contributed by atoms with E-state index in [4.69, 9.17) is 0 Å². The average molecular weight is 132 g/mol. The average Bonchev–Trinajstić information content (AvgIpc) is 1.63. The summed E-state index contributed by atoms with van der Waals surface area (Å²) in [6.07, 6.45) is -3.76. The molecule has 1 saturated heterocycles. The lowest BCUT2D eigenvalue weighted by Crippen LogP contribution is -2.01. The first-order valence-electron chi connectivity index (χ1n) is 1.41. The zero-order valence-electron chi connectivity index (χ0n) is 2.92. The first-order valence-corrected chi connectivity index (χ1v) is 1.79. The fourth-order valence-electron chi connectivity index (χ4n) is 0.135. The van der Waals surface area contributed by atoms with Gasteiger partial charge >= 0.3 is 11.4 Å². The molecule has 0 amide bonds. The Morgan fingerprint density at radius 1 is 1.29 bits per heavy atom. The van der Waals surface area contributed by atoms with Gasteiger partial charge in [-0.25, -0.2) is 0 Å². The van der Waals surface area contributed by atoms with Crippen LogP contribution in [-0.2, 0) is 4.74 Å². The molecule has 1 aliphatic rings. The van der Waals surface area contributed by atoms with Crippen molar-refractivity contribution >= 4 is 11.6 Å². The Kier molecular flexibility index (Phi) is 0.668. The largest absolute Gasteiger partial charge is 0.434 e. The van der Waals surface area contributed by atoms with E-state index >= 15 is 0 Å². The molecule has 0 aromatic carbocycles. The van der Waals surface area contributed by atoms with E-state index in [1.54, 1.807) is 0 Å². The van der Waals surface area contributed by atoms with Gasteiger partial charge in [0.15, 0.2) is 0 Å². The monoisotopic (exact) mass is 132 g/mol. The summed E-state index contributed by atoms with van der Waals surface area (Å²) in [6.45, 7) is 0. The maximum Gasteiger partial charge on any atom is 0.434 e. The van der Waals surface area contributed by atoms with Crippen LogP contribution in [0.4, 0.5) is 13.2 Å². The number of hydrogen-bond donors (Lipinski definition) is 0. The molecule has 1 rings (SSSR count). The summed E-state index contributed by atoms with van der Waals surface area (Å²) >= 11 is 4.29. The van der Waals surface area contributed by atoms with Crippen LogP contribution in [0.5, 0.6) is 0 Å². The zero-order chi connectivity index (χ0) is 5.71. The predicted octanol–water partition coefficient (Wildman–Crippen LogP) is 1.47. The van der Waals surface area contributed by atoms with Crippen LogP contribution >= 0.6 is 11.6 Å². The third-order valence-electron chi connectivity index (χ3n) is 0.554. The van der Waals surface area contributed by atoms with E-state index in [9.17, 15) is 13.2 Å². The maximum absolute atomic E-state index is 11.4. The molecule has 0 aromatic rings. The van der Waals surface area contributed by atoms with Crippen LogP contribution in [0.2, 0.25) is 0 Å². The number of rotatable bonds is 0. The normalized spacial score (nSPS) is 46.3. The second-order valence-corrected chi connectivity index (χ2v) is 1.62. The van der Waals surface area contributed by atoms with Crippen LogP contribution in [0.1, 0.15) is 0 Å². The second kappa shape index (κ2) is 0.902. The lowest BCUT2D eigenvalue weighted by atomic mass is 10.8. The van der Waals surface area contributed by atoms with Gasteiger partial charge in [0.1, 0.15) is 0 Å². The van der Waals surface area contributed by atoms with Gasteiger partial charge in [-0.05, 0) is 11.6 Å². The van der Waals surface area contributed by atoms with E-state index in [-0.39, 0.29) is 0 Å². The fraction of sp³-hybridized carbons (Fsp3) is 1.00. The number of hydrogen-bond acceptors (Lipinski definition) is 1. The Bertz CT molecular complexity index is 89.1. The molecule has 0 bridgehead atoms. The van der Waals surface area contributed by atoms with Crippen molar-refractivity contribution in [1.29, 1.82) is 0 Å². The van der Waals surface area contributed by atoms with E-state index in [1.807, 2.05) is 0 Å². The molecule has 1 unspecified atom stereocenters. The van der Waals surface area contributed by atoms with Crippen LogP contribution in [0.15, 0.2) is 0 Å². The van der Waals surface area contributed by atoms with Crippen molar-refractivity contribution in [2.24, 2.45) is 0 Å². The van der Waals surface area contributed by atoms with E-state index in [1.165, 1.54) is 0 Å². The molecule has 0 N–H and O–H groups in total. The summed E-state index contributed by atoms with van der Waals surface area (Å²) in [7, 11) is 0. The van der Waals surface area contributed by atoms with Crippen LogP contribution in [0.25, 0.3) is 0 Å². The minimum atomic E-state index is -3.76. The molecule has 0 saturated carbocycles. The van der Waals surface area contributed by atoms with Crippen molar-refractivity contribution in [3.63, 3.8) is 0 Å². The lowest BCUT2D eigenvalue weighted by molar-refractivity contribution is 0.000166. The summed E-state index contributed by atoms with van der Waals surface area (Å²) in [5.74, 6) is 0. The summed E-state index contributed by atoms with van der Waals surface area (Å²) in [4.78, 5) is 0. The molecule has 0 radical (unpaired) electrons. The molecular weight excluding hydrogens is 132 g/mol. The fourth-order valence-corrected chi connectivity index (χ4v) is 0.232. The van der Waals surface area contributed by atoms with Gasteiger partial charge in [-0.1, -0.05) is 0 Å². The Morgan fingerprint density at radius 3 is 1.43 bits per heavy atom. The van der Waals surface area contributed by atoms with E-state index in [0.717, 1.165) is 0 Å². The molecule has 1 atom stereocenters. The highest BCUT2D eigenvalue weighted by Crippen LogP contribution is 2.54. The minimum Gasteiger partial charge on any atom is -0.256 e. The van der Waals surface area contributed by atoms with E-state index in [0.29, 0.717) is 0 Å². The molecule has 5 heteroatoms. The summed E-state index contributed by atoms with van der Waals surface area (Å²) in [5.41, 5.74) is 0. The van der Waals surface area contributed by atoms with Gasteiger partial charge in [0, 0.05) is 0 Å². The molecule has 7 heavy (non-hydrogen) atoms. The van der Waals surface area contributed by atoms with Gasteiger partial charge in [0.2, 0.25) is 0 Å². The maximum atomic E-state index is 11.4. The summed E-state index contributed by atoms with van der Waals surface area (Å²) in [5, 5.41) is -3.22. The molecule has 1 aliphatic heterocycles. The molecule has 0 aromatic heterocycles. The van der Waals surface area contributed by atoms with Gasteiger partial charge in [0.25, 0.3) is 0 Å². The van der Waals surface area contributed by atoms with Crippen molar-refractivity contribution in [2.45, 2.75) is 11.4 Å². The number of ether oxygens (including phenoxy) is 1. The Balaban J connectivity index is 2.59. The van der Waals surface area contributed by atoms with Crippen LogP contribution in [-0.4, -0.2) is 11.4 Å². The SMILES string of the molecule is FC1(F)OC1(F)Cl. The molecule has 1 nitrogen and oxygen atoms in total. The highest BCUT2D eigenvalue weighted by molar-refractivity contribution is 6.23. The smallest absolute Gasteiger partial charge is 0.256 e. The van der Waals surface area contributed by atoms with Crippen molar-refractivity contribution in [1.82, 2.24) is 0 Å². The quantitative estimate of drug-likeness (QED) is 0.359. The zero-order valence-corrected chi connectivity index (χ0v) is 3.68. The Labute approximate surface area is 42.0 Å². The highest BCUT2D eigenvalue weighted by atomic mass is 35.5. The van der Waals surface area contributed by atoms with Gasteiger partial charge in [-0.15, -0.1) is 0 Å². The molecule has 42 valence electrons. The van der Waals surface area contributed by atoms with Gasteiger partial charge < -0.3 is 0 Å². The second-order valence-electron chi connectivity index (χ2n) is 1.14. The molecule has 1 fully saturated rings. The van der Waals surface area contributed by atoms with Crippen molar-refractivity contribution < 1.29 is 17.9 Å². The summed E-state index contributed by atoms with van der Waals surface area (Å²) < 4.78 is 36.8. The molecule has 0 spiro atoms. The third-order valence-corrected chi connectivity index (χ3v) is 0.851. The van der Waals surface area contributed by atoms with E-state index in [2.05, 4.69) is 16.3 Å². The van der Waals surface area contributed by atoms with Gasteiger partial charge in [-0.2, -0.15) is 13.2 Å². The molecule has 1 heterocycles. The molecular formula is C2ClF3O. The number of halogens is 4. The number of epoxide rings is 1. The van der Waals surface area contributed by atoms with Crippen LogP contribution in [0, 0.1) is 0 Å². The van der Waals surface area contributed by atoms with Crippen molar-refractivity contribution in [2.75, 3.05) is 0 Å².